The minimum atomic E-state index is -1.09. The van der Waals surface area contributed by atoms with Crippen LogP contribution in [0.15, 0.2) is 64.8 Å². The number of aliphatic carboxylic acids is 1. The summed E-state index contributed by atoms with van der Waals surface area (Å²) in [5.41, 5.74) is 7.54. The first-order valence-corrected chi connectivity index (χ1v) is 9.06. The van der Waals surface area contributed by atoms with Gasteiger partial charge in [0.1, 0.15) is 23.1 Å². The van der Waals surface area contributed by atoms with Crippen molar-refractivity contribution in [2.45, 2.75) is 5.92 Å². The zero-order valence-corrected chi connectivity index (χ0v) is 16.0. The molecule has 2 aromatic carbocycles. The predicted octanol–water partition coefficient (Wildman–Crippen LogP) is 2.22. The van der Waals surface area contributed by atoms with Gasteiger partial charge in [-0.15, -0.1) is 0 Å². The highest BCUT2D eigenvalue weighted by molar-refractivity contribution is 5.88. The van der Waals surface area contributed by atoms with Crippen LogP contribution in [-0.4, -0.2) is 22.2 Å². The number of carboxylic acid groups (broad SMARTS) is 1. The van der Waals surface area contributed by atoms with E-state index < -0.39 is 18.5 Å². The fourth-order valence-corrected chi connectivity index (χ4v) is 3.66. The number of allylic oxidation sites excluding steroid dienone is 1. The van der Waals surface area contributed by atoms with Crippen LogP contribution in [0.2, 0.25) is 0 Å². The summed E-state index contributed by atoms with van der Waals surface area (Å²) in [5.74, 6) is -1.18. The lowest BCUT2D eigenvalue weighted by atomic mass is 9.83. The van der Waals surface area contributed by atoms with E-state index in [4.69, 9.17) is 20.3 Å². The van der Waals surface area contributed by atoms with Gasteiger partial charge < -0.3 is 24.9 Å². The molecule has 150 valence electrons. The summed E-state index contributed by atoms with van der Waals surface area (Å²) in [5, 5.41) is 19.2. The molecule has 8 nitrogen and oxygen atoms in total. The van der Waals surface area contributed by atoms with E-state index in [1.54, 1.807) is 31.3 Å². The lowest BCUT2D eigenvalue weighted by molar-refractivity contribution is -0.139. The highest BCUT2D eigenvalue weighted by Gasteiger charge is 2.35. The van der Waals surface area contributed by atoms with Crippen molar-refractivity contribution < 1.29 is 19.4 Å². The van der Waals surface area contributed by atoms with E-state index in [1.807, 2.05) is 24.3 Å². The van der Waals surface area contributed by atoms with E-state index in [1.165, 1.54) is 4.57 Å². The molecule has 1 atom stereocenters. The Morgan fingerprint density at radius 3 is 2.63 bits per heavy atom. The zero-order chi connectivity index (χ0) is 21.4. The van der Waals surface area contributed by atoms with Gasteiger partial charge in [-0.05, 0) is 29.8 Å². The van der Waals surface area contributed by atoms with Crippen LogP contribution in [0.3, 0.4) is 0 Å². The number of benzene rings is 2. The van der Waals surface area contributed by atoms with Gasteiger partial charge in [0.25, 0.3) is 5.56 Å². The van der Waals surface area contributed by atoms with Gasteiger partial charge in [-0.25, -0.2) is 4.79 Å². The lowest BCUT2D eigenvalue weighted by Crippen LogP contribution is -2.31. The molecule has 0 aliphatic carbocycles. The van der Waals surface area contributed by atoms with Crippen molar-refractivity contribution in [3.8, 4) is 17.6 Å². The molecule has 0 bridgehead atoms. The average Bonchev–Trinajstić information content (AvgIpc) is 2.75. The number of para-hydroxylation sites is 1. The maximum Gasteiger partial charge on any atom is 0.341 e. The molecule has 0 fully saturated rings. The summed E-state index contributed by atoms with van der Waals surface area (Å²) in [6.45, 7) is -0.470. The van der Waals surface area contributed by atoms with Crippen LogP contribution >= 0.6 is 0 Å². The van der Waals surface area contributed by atoms with Crippen LogP contribution in [0.4, 0.5) is 0 Å². The number of carbonyl (C=O) groups is 1. The minimum absolute atomic E-state index is 0.0559. The van der Waals surface area contributed by atoms with Gasteiger partial charge in [0.2, 0.25) is 5.88 Å². The second-order valence-corrected chi connectivity index (χ2v) is 6.80. The third-order valence-corrected chi connectivity index (χ3v) is 5.04. The molecule has 2 heterocycles. The fraction of sp³-hybridized carbons (Fsp3) is 0.136. The average molecular weight is 403 g/mol. The number of fused-ring (bicyclic) bond motifs is 3. The van der Waals surface area contributed by atoms with Gasteiger partial charge >= 0.3 is 5.97 Å². The Kier molecular flexibility index (Phi) is 4.64. The SMILES string of the molecule is Cn1c(=O)c2c(c3ccccc31)OC(N)=C(C#N)[C@@H]2c1ccc(OCC(=O)O)cc1. The molecule has 0 saturated carbocycles. The molecular weight excluding hydrogens is 386 g/mol. The Bertz CT molecular complexity index is 1300. The van der Waals surface area contributed by atoms with Crippen LogP contribution < -0.4 is 20.8 Å². The molecule has 8 heteroatoms. The zero-order valence-electron chi connectivity index (χ0n) is 16.0. The van der Waals surface area contributed by atoms with Crippen LogP contribution in [-0.2, 0) is 11.8 Å². The smallest absolute Gasteiger partial charge is 0.341 e. The summed E-state index contributed by atoms with van der Waals surface area (Å²) < 4.78 is 12.4. The summed E-state index contributed by atoms with van der Waals surface area (Å²) in [6.07, 6.45) is 0. The number of aryl methyl sites for hydroxylation is 1. The second kappa shape index (κ2) is 7.29. The molecule has 0 saturated heterocycles. The highest BCUT2D eigenvalue weighted by atomic mass is 16.5. The molecule has 30 heavy (non-hydrogen) atoms. The van der Waals surface area contributed by atoms with Crippen LogP contribution in [0, 0.1) is 11.3 Å². The van der Waals surface area contributed by atoms with Crippen molar-refractivity contribution >= 4 is 16.9 Å². The number of rotatable bonds is 4. The summed E-state index contributed by atoms with van der Waals surface area (Å²) >= 11 is 0. The summed E-state index contributed by atoms with van der Waals surface area (Å²) in [7, 11) is 1.67. The predicted molar refractivity (Wildman–Crippen MR) is 108 cm³/mol. The van der Waals surface area contributed by atoms with Gasteiger partial charge in [-0.3, -0.25) is 4.79 Å². The molecule has 4 rings (SSSR count). The number of hydrogen-bond acceptors (Lipinski definition) is 6. The molecule has 3 aromatic rings. The van der Waals surface area contributed by atoms with Crippen molar-refractivity contribution in [1.82, 2.24) is 4.57 Å². The first-order chi connectivity index (χ1) is 14.4. The van der Waals surface area contributed by atoms with Gasteiger partial charge in [0, 0.05) is 12.4 Å². The molecular formula is C22H17N3O5. The molecule has 0 spiro atoms. The standard InChI is InChI=1S/C22H17N3O5/c1-25-16-5-3-2-4-14(16)20-19(22(25)28)18(15(10-23)21(24)30-20)12-6-8-13(9-7-12)29-11-17(26)27/h2-9,18H,11,24H2,1H3,(H,26,27)/t18-/m0/s1. The molecule has 0 unspecified atom stereocenters. The second-order valence-electron chi connectivity index (χ2n) is 6.80. The molecule has 1 aliphatic rings. The summed E-state index contributed by atoms with van der Waals surface area (Å²) in [4.78, 5) is 23.9. The van der Waals surface area contributed by atoms with E-state index in [9.17, 15) is 14.9 Å². The number of nitrogens with two attached hydrogens (primary N) is 1. The topological polar surface area (TPSA) is 128 Å². The summed E-state index contributed by atoms with van der Waals surface area (Å²) in [6, 6.07) is 15.9. The number of ether oxygens (including phenoxy) is 2. The maximum atomic E-state index is 13.2. The van der Waals surface area contributed by atoms with E-state index in [0.29, 0.717) is 33.5 Å². The monoisotopic (exact) mass is 403 g/mol. The number of nitriles is 1. The number of pyridine rings is 1. The number of carboxylic acids is 1. The Morgan fingerprint density at radius 2 is 1.97 bits per heavy atom. The minimum Gasteiger partial charge on any atom is -0.482 e. The van der Waals surface area contributed by atoms with Crippen molar-refractivity contribution in [2.24, 2.45) is 12.8 Å². The van der Waals surface area contributed by atoms with Crippen LogP contribution in [0.1, 0.15) is 17.0 Å². The Morgan fingerprint density at radius 1 is 1.27 bits per heavy atom. The molecule has 0 amide bonds. The quantitative estimate of drug-likeness (QED) is 0.684. The largest absolute Gasteiger partial charge is 0.482 e. The van der Waals surface area contributed by atoms with E-state index >= 15 is 0 Å². The van der Waals surface area contributed by atoms with Gasteiger partial charge in [-0.2, -0.15) is 5.26 Å². The first-order valence-electron chi connectivity index (χ1n) is 9.06. The van der Waals surface area contributed by atoms with Crippen LogP contribution in [0.5, 0.6) is 11.5 Å². The normalized spacial score (nSPS) is 15.3. The Hall–Kier alpha value is -4.25. The molecule has 3 N–H and O–H groups in total. The van der Waals surface area contributed by atoms with Crippen LogP contribution in [0.25, 0.3) is 10.9 Å². The number of nitrogens with zero attached hydrogens (tertiary/aromatic N) is 2. The lowest BCUT2D eigenvalue weighted by Gasteiger charge is -2.27. The van der Waals surface area contributed by atoms with Gasteiger partial charge in [-0.1, -0.05) is 24.3 Å². The molecule has 0 radical (unpaired) electrons. The van der Waals surface area contributed by atoms with Crippen molar-refractivity contribution in [1.29, 1.82) is 5.26 Å². The van der Waals surface area contributed by atoms with Crippen molar-refractivity contribution in [3.05, 3.63) is 81.5 Å². The number of hydrogen-bond donors (Lipinski definition) is 2. The Balaban J connectivity index is 1.91. The first kappa shape index (κ1) is 19.1. The van der Waals surface area contributed by atoms with Gasteiger partial charge in [0.05, 0.1) is 17.0 Å². The van der Waals surface area contributed by atoms with E-state index in [-0.39, 0.29) is 17.0 Å². The fourth-order valence-electron chi connectivity index (χ4n) is 3.66. The Labute approximate surface area is 171 Å². The third-order valence-electron chi connectivity index (χ3n) is 5.04. The van der Waals surface area contributed by atoms with E-state index in [2.05, 4.69) is 6.07 Å². The van der Waals surface area contributed by atoms with E-state index in [0.717, 1.165) is 0 Å². The van der Waals surface area contributed by atoms with Gasteiger partial charge in [0.15, 0.2) is 6.61 Å². The molecule has 1 aromatic heterocycles. The third kappa shape index (κ3) is 3.02. The van der Waals surface area contributed by atoms with Crippen molar-refractivity contribution in [3.63, 3.8) is 0 Å². The maximum absolute atomic E-state index is 13.2. The number of aromatic nitrogens is 1. The molecule has 1 aliphatic heterocycles. The van der Waals surface area contributed by atoms with Crippen molar-refractivity contribution in [2.75, 3.05) is 6.61 Å². The highest BCUT2D eigenvalue weighted by Crippen LogP contribution is 2.43.